The number of carbonyl (C=O) groups is 1. The van der Waals surface area contributed by atoms with Crippen molar-refractivity contribution >= 4 is 5.91 Å². The molecular formula is C15H22N2O3. The van der Waals surface area contributed by atoms with E-state index in [2.05, 4.69) is 10.3 Å². The molecule has 20 heavy (non-hydrogen) atoms. The maximum Gasteiger partial charge on any atom is 0.257 e. The molecule has 1 saturated heterocycles. The second kappa shape index (κ2) is 6.70. The van der Waals surface area contributed by atoms with Gasteiger partial charge in [0.1, 0.15) is 5.56 Å². The van der Waals surface area contributed by atoms with E-state index in [1.807, 2.05) is 0 Å². The molecule has 0 saturated carbocycles. The number of ether oxygens (including phenoxy) is 1. The number of nitrogens with one attached hydrogen (secondary N) is 2. The Kier molecular flexibility index (Phi) is 4.95. The average molecular weight is 278 g/mol. The van der Waals surface area contributed by atoms with Crippen molar-refractivity contribution in [1.29, 1.82) is 0 Å². The molecule has 1 aromatic rings. The van der Waals surface area contributed by atoms with Gasteiger partial charge in [0, 0.05) is 37.2 Å². The van der Waals surface area contributed by atoms with Crippen LogP contribution >= 0.6 is 0 Å². The molecule has 0 unspecified atom stereocenters. The van der Waals surface area contributed by atoms with Gasteiger partial charge in [-0.05, 0) is 39.0 Å². The molecule has 1 amide bonds. The highest BCUT2D eigenvalue weighted by Crippen LogP contribution is 2.16. The van der Waals surface area contributed by atoms with Crippen LogP contribution in [0.1, 0.15) is 41.0 Å². The zero-order chi connectivity index (χ0) is 14.5. The van der Waals surface area contributed by atoms with E-state index < -0.39 is 0 Å². The van der Waals surface area contributed by atoms with Gasteiger partial charge >= 0.3 is 0 Å². The first-order valence-corrected chi connectivity index (χ1v) is 7.14. The predicted octanol–water partition coefficient (Wildman–Crippen LogP) is 1.54. The summed E-state index contributed by atoms with van der Waals surface area (Å²) in [7, 11) is 0. The van der Waals surface area contributed by atoms with Gasteiger partial charge in [0.2, 0.25) is 0 Å². The van der Waals surface area contributed by atoms with Gasteiger partial charge in [-0.2, -0.15) is 0 Å². The van der Waals surface area contributed by atoms with Crippen molar-refractivity contribution in [3.63, 3.8) is 0 Å². The summed E-state index contributed by atoms with van der Waals surface area (Å²) in [5.74, 6) is 0.224. The van der Waals surface area contributed by atoms with E-state index in [4.69, 9.17) is 4.74 Å². The molecule has 2 N–H and O–H groups in total. The Bertz CT molecular complexity index is 530. The van der Waals surface area contributed by atoms with E-state index >= 15 is 0 Å². The molecular weight excluding hydrogens is 256 g/mol. The number of hydrogen-bond donors (Lipinski definition) is 2. The van der Waals surface area contributed by atoms with Crippen LogP contribution in [0.3, 0.4) is 0 Å². The van der Waals surface area contributed by atoms with Gasteiger partial charge in [0.15, 0.2) is 5.43 Å². The minimum Gasteiger partial charge on any atom is -0.381 e. The molecule has 110 valence electrons. The number of hydrogen-bond acceptors (Lipinski definition) is 3. The van der Waals surface area contributed by atoms with Crippen LogP contribution in [0.25, 0.3) is 0 Å². The zero-order valence-corrected chi connectivity index (χ0v) is 12.1. The first-order valence-electron chi connectivity index (χ1n) is 7.14. The monoisotopic (exact) mass is 278 g/mol. The van der Waals surface area contributed by atoms with Gasteiger partial charge in [0.25, 0.3) is 5.91 Å². The topological polar surface area (TPSA) is 71.2 Å². The summed E-state index contributed by atoms with van der Waals surface area (Å²) in [6.45, 7) is 5.76. The van der Waals surface area contributed by atoms with Gasteiger partial charge in [-0.15, -0.1) is 0 Å². The number of pyridine rings is 1. The second-order valence-electron chi connectivity index (χ2n) is 5.44. The third-order valence-corrected chi connectivity index (χ3v) is 3.67. The quantitative estimate of drug-likeness (QED) is 0.877. The van der Waals surface area contributed by atoms with Gasteiger partial charge in [0.05, 0.1) is 0 Å². The fourth-order valence-corrected chi connectivity index (χ4v) is 2.64. The zero-order valence-electron chi connectivity index (χ0n) is 12.1. The maximum absolute atomic E-state index is 12.1. The number of aromatic nitrogens is 1. The first kappa shape index (κ1) is 14.8. The van der Waals surface area contributed by atoms with Crippen molar-refractivity contribution in [2.24, 2.45) is 5.92 Å². The first-order chi connectivity index (χ1) is 9.58. The van der Waals surface area contributed by atoms with Gasteiger partial charge < -0.3 is 15.0 Å². The molecule has 0 aliphatic carbocycles. The summed E-state index contributed by atoms with van der Waals surface area (Å²) >= 11 is 0. The van der Waals surface area contributed by atoms with Crippen LogP contribution in [0.5, 0.6) is 0 Å². The minimum atomic E-state index is -0.291. The molecule has 0 spiro atoms. The van der Waals surface area contributed by atoms with Crippen LogP contribution in [0.15, 0.2) is 10.9 Å². The van der Waals surface area contributed by atoms with Gasteiger partial charge in [-0.25, -0.2) is 0 Å². The number of aromatic amines is 1. The van der Waals surface area contributed by atoms with Crippen molar-refractivity contribution in [2.45, 2.75) is 33.1 Å². The summed E-state index contributed by atoms with van der Waals surface area (Å²) in [5, 5.41) is 2.83. The summed E-state index contributed by atoms with van der Waals surface area (Å²) in [4.78, 5) is 27.0. The normalized spacial score (nSPS) is 18.8. The van der Waals surface area contributed by atoms with Gasteiger partial charge in [-0.3, -0.25) is 9.59 Å². The smallest absolute Gasteiger partial charge is 0.257 e. The van der Waals surface area contributed by atoms with Crippen molar-refractivity contribution in [2.75, 3.05) is 19.8 Å². The molecule has 1 fully saturated rings. The lowest BCUT2D eigenvalue weighted by Crippen LogP contribution is -2.32. The highest BCUT2D eigenvalue weighted by Gasteiger charge is 2.16. The SMILES string of the molecule is Cc1cc(=O)c(C(=O)NCC[C@@H]2CCCOC2)c(C)[nH]1. The van der Waals surface area contributed by atoms with Gasteiger partial charge in [-0.1, -0.05) is 0 Å². The predicted molar refractivity (Wildman–Crippen MR) is 77.0 cm³/mol. The Balaban J connectivity index is 1.90. The van der Waals surface area contributed by atoms with Crippen LogP contribution in [0.2, 0.25) is 0 Å². The lowest BCUT2D eigenvalue weighted by atomic mass is 9.99. The molecule has 2 heterocycles. The molecule has 5 nitrogen and oxygen atoms in total. The molecule has 1 aliphatic heterocycles. The number of carbonyl (C=O) groups excluding carboxylic acids is 1. The highest BCUT2D eigenvalue weighted by molar-refractivity contribution is 5.95. The van der Waals surface area contributed by atoms with E-state index in [9.17, 15) is 9.59 Å². The van der Waals surface area contributed by atoms with Crippen LogP contribution in [-0.2, 0) is 4.74 Å². The molecule has 5 heteroatoms. The molecule has 0 bridgehead atoms. The fraction of sp³-hybridized carbons (Fsp3) is 0.600. The van der Waals surface area contributed by atoms with E-state index in [0.717, 1.165) is 38.2 Å². The molecule has 1 aromatic heterocycles. The molecule has 1 aliphatic rings. The highest BCUT2D eigenvalue weighted by atomic mass is 16.5. The number of H-pyrrole nitrogens is 1. The number of amides is 1. The second-order valence-corrected chi connectivity index (χ2v) is 5.44. The van der Waals surface area contributed by atoms with Crippen molar-refractivity contribution in [3.8, 4) is 0 Å². The van der Waals surface area contributed by atoms with Crippen LogP contribution in [0, 0.1) is 19.8 Å². The Labute approximate surface area is 118 Å². The fourth-order valence-electron chi connectivity index (χ4n) is 2.64. The Hall–Kier alpha value is -1.62. The molecule has 2 rings (SSSR count). The standard InChI is InChI=1S/C15H22N2O3/c1-10-8-13(18)14(11(2)17-10)15(19)16-6-5-12-4-3-7-20-9-12/h8,12H,3-7,9H2,1-2H3,(H,16,19)(H,17,18)/t12-/m0/s1. The summed E-state index contributed by atoms with van der Waals surface area (Å²) < 4.78 is 5.41. The Morgan fingerprint density at radius 2 is 2.30 bits per heavy atom. The van der Waals surface area contributed by atoms with Crippen molar-refractivity contribution in [3.05, 3.63) is 33.2 Å². The van der Waals surface area contributed by atoms with Crippen LogP contribution in [-0.4, -0.2) is 30.6 Å². The van der Waals surface area contributed by atoms with Crippen molar-refractivity contribution < 1.29 is 9.53 Å². The minimum absolute atomic E-state index is 0.218. The number of aryl methyl sites for hydroxylation is 2. The van der Waals surface area contributed by atoms with Crippen LogP contribution < -0.4 is 10.7 Å². The van der Waals surface area contributed by atoms with E-state index in [0.29, 0.717) is 18.2 Å². The third-order valence-electron chi connectivity index (χ3n) is 3.67. The summed E-state index contributed by atoms with van der Waals surface area (Å²) in [6, 6.07) is 1.46. The van der Waals surface area contributed by atoms with Crippen molar-refractivity contribution in [1.82, 2.24) is 10.3 Å². The molecule has 1 atom stereocenters. The van der Waals surface area contributed by atoms with E-state index in [1.165, 1.54) is 6.07 Å². The van der Waals surface area contributed by atoms with Crippen LogP contribution in [0.4, 0.5) is 0 Å². The average Bonchev–Trinajstić information content (AvgIpc) is 2.38. The lowest BCUT2D eigenvalue weighted by Gasteiger charge is -2.21. The van der Waals surface area contributed by atoms with E-state index in [-0.39, 0.29) is 16.9 Å². The van der Waals surface area contributed by atoms with E-state index in [1.54, 1.807) is 13.8 Å². The Morgan fingerprint density at radius 3 is 2.95 bits per heavy atom. The lowest BCUT2D eigenvalue weighted by molar-refractivity contribution is 0.0514. The Morgan fingerprint density at radius 1 is 1.50 bits per heavy atom. The molecule has 0 aromatic carbocycles. The third kappa shape index (κ3) is 3.70. The molecule has 0 radical (unpaired) electrons. The largest absolute Gasteiger partial charge is 0.381 e. The summed E-state index contributed by atoms with van der Waals surface area (Å²) in [5.41, 5.74) is 1.38. The maximum atomic E-state index is 12.1. The number of rotatable bonds is 4. The summed E-state index contributed by atoms with van der Waals surface area (Å²) in [6.07, 6.45) is 3.14.